The Labute approximate surface area is 153 Å². The molecule has 2 atom stereocenters. The van der Waals surface area contributed by atoms with E-state index in [-0.39, 0.29) is 5.92 Å². The van der Waals surface area contributed by atoms with Crippen molar-refractivity contribution in [3.05, 3.63) is 69.9 Å². The van der Waals surface area contributed by atoms with Gasteiger partial charge in [-0.2, -0.15) is 0 Å². The van der Waals surface area contributed by atoms with E-state index >= 15 is 0 Å². The number of aliphatic imine (C=N–C) groups is 1. The lowest BCUT2D eigenvalue weighted by molar-refractivity contribution is 0.134. The zero-order chi connectivity index (χ0) is 17.3. The van der Waals surface area contributed by atoms with Gasteiger partial charge in [0.2, 0.25) is 0 Å². The average molecular weight is 354 g/mol. The predicted molar refractivity (Wildman–Crippen MR) is 103 cm³/mol. The van der Waals surface area contributed by atoms with Crippen molar-refractivity contribution in [2.24, 2.45) is 10.9 Å². The quantitative estimate of drug-likeness (QED) is 0.708. The van der Waals surface area contributed by atoms with E-state index in [0.717, 1.165) is 12.2 Å². The summed E-state index contributed by atoms with van der Waals surface area (Å²) in [5.74, 6) is 0.254. The largest absolute Gasteiger partial charge is 0.479 e. The summed E-state index contributed by atoms with van der Waals surface area (Å²) in [7, 11) is 4.09. The monoisotopic (exact) mass is 354 g/mol. The highest BCUT2D eigenvalue weighted by Crippen LogP contribution is 2.52. The smallest absolute Gasteiger partial charge is 0.191 e. The van der Waals surface area contributed by atoms with Gasteiger partial charge in [-0.1, -0.05) is 24.3 Å². The Morgan fingerprint density at radius 1 is 1.36 bits per heavy atom. The number of ether oxygens (including phenoxy) is 2. The molecule has 5 heteroatoms. The van der Waals surface area contributed by atoms with Gasteiger partial charge >= 0.3 is 0 Å². The van der Waals surface area contributed by atoms with Gasteiger partial charge in [-0.05, 0) is 31.2 Å². The number of rotatable bonds is 5. The molecule has 2 unspecified atom stereocenters. The summed E-state index contributed by atoms with van der Waals surface area (Å²) in [6, 6.07) is 0. The number of nitrogens with zero attached hydrogens (tertiary/aromatic N) is 2. The summed E-state index contributed by atoms with van der Waals surface area (Å²) in [4.78, 5) is 6.78. The molecule has 0 radical (unpaired) electrons. The summed E-state index contributed by atoms with van der Waals surface area (Å²) in [6.45, 7) is 2.12. The predicted octanol–water partition coefficient (Wildman–Crippen LogP) is 3.44. The van der Waals surface area contributed by atoms with Crippen molar-refractivity contribution in [3.63, 3.8) is 0 Å². The van der Waals surface area contributed by atoms with Crippen LogP contribution in [0, 0.1) is 5.92 Å². The topological polar surface area (TPSA) is 34.1 Å². The van der Waals surface area contributed by atoms with Gasteiger partial charge < -0.3 is 14.4 Å². The van der Waals surface area contributed by atoms with Crippen LogP contribution in [0.2, 0.25) is 0 Å². The number of hydrogen-bond donors (Lipinski definition) is 0. The maximum absolute atomic E-state index is 6.18. The van der Waals surface area contributed by atoms with E-state index in [2.05, 4.69) is 45.7 Å². The molecule has 0 saturated heterocycles. The average Bonchev–Trinajstić information content (AvgIpc) is 2.74. The Bertz CT molecular complexity index is 771. The van der Waals surface area contributed by atoms with Crippen LogP contribution in [0.5, 0.6) is 0 Å². The molecular formula is C20H22N2O2S. The van der Waals surface area contributed by atoms with Gasteiger partial charge in [0.15, 0.2) is 5.60 Å². The van der Waals surface area contributed by atoms with E-state index < -0.39 is 5.60 Å². The molecule has 4 aliphatic rings. The van der Waals surface area contributed by atoms with Crippen molar-refractivity contribution < 1.29 is 9.47 Å². The number of hydrogen-bond acceptors (Lipinski definition) is 5. The van der Waals surface area contributed by atoms with Gasteiger partial charge in [-0.25, -0.2) is 0 Å². The van der Waals surface area contributed by atoms with Gasteiger partial charge in [0.25, 0.3) is 0 Å². The Balaban J connectivity index is 1.63. The van der Waals surface area contributed by atoms with Crippen LogP contribution in [0.1, 0.15) is 0 Å². The first kappa shape index (κ1) is 16.6. The van der Waals surface area contributed by atoms with Crippen molar-refractivity contribution in [3.8, 4) is 0 Å². The fraction of sp³-hybridized carbons (Fsp3) is 0.350. The van der Waals surface area contributed by atoms with Gasteiger partial charge in [0.05, 0.1) is 31.4 Å². The van der Waals surface area contributed by atoms with Gasteiger partial charge in [-0.15, -0.1) is 11.8 Å². The molecule has 1 spiro atoms. The molecule has 2 aliphatic heterocycles. The summed E-state index contributed by atoms with van der Waals surface area (Å²) >= 11 is 1.65. The first-order valence-electron chi connectivity index (χ1n) is 8.47. The normalized spacial score (nSPS) is 29.0. The fourth-order valence-corrected chi connectivity index (χ4v) is 4.16. The first-order valence-corrected chi connectivity index (χ1v) is 9.41. The van der Waals surface area contributed by atoms with E-state index in [0.29, 0.717) is 13.2 Å². The molecule has 4 rings (SSSR count). The highest BCUT2D eigenvalue weighted by Gasteiger charge is 2.50. The van der Waals surface area contributed by atoms with Gasteiger partial charge in [-0.3, -0.25) is 4.99 Å². The van der Waals surface area contributed by atoms with Gasteiger partial charge in [0.1, 0.15) is 0 Å². The van der Waals surface area contributed by atoms with E-state index in [9.17, 15) is 0 Å². The van der Waals surface area contributed by atoms with Crippen LogP contribution >= 0.6 is 11.8 Å². The highest BCUT2D eigenvalue weighted by molar-refractivity contribution is 8.04. The van der Waals surface area contributed by atoms with Crippen molar-refractivity contribution >= 4 is 18.0 Å². The Hall–Kier alpha value is -1.82. The lowest BCUT2D eigenvalue weighted by Gasteiger charge is -2.31. The minimum absolute atomic E-state index is 0.254. The summed E-state index contributed by atoms with van der Waals surface area (Å²) in [6.07, 6.45) is 14.5. The van der Waals surface area contributed by atoms with Crippen LogP contribution in [0.15, 0.2) is 74.9 Å². The van der Waals surface area contributed by atoms with E-state index in [4.69, 9.17) is 9.47 Å². The van der Waals surface area contributed by atoms with Crippen molar-refractivity contribution in [2.75, 3.05) is 33.9 Å². The third kappa shape index (κ3) is 2.97. The van der Waals surface area contributed by atoms with E-state index in [1.807, 2.05) is 25.7 Å². The maximum atomic E-state index is 6.18. The minimum Gasteiger partial charge on any atom is -0.479 e. The number of thioether (sulfide) groups is 1. The van der Waals surface area contributed by atoms with Crippen LogP contribution in [-0.2, 0) is 9.47 Å². The summed E-state index contributed by atoms with van der Waals surface area (Å²) in [5.41, 5.74) is 4.07. The second-order valence-electron chi connectivity index (χ2n) is 6.68. The fourth-order valence-electron chi connectivity index (χ4n) is 3.49. The molecule has 0 bridgehead atoms. The lowest BCUT2D eigenvalue weighted by atomic mass is 9.87. The second kappa shape index (κ2) is 6.83. The lowest BCUT2D eigenvalue weighted by Crippen LogP contribution is -2.36. The molecule has 4 nitrogen and oxygen atoms in total. The molecule has 0 amide bonds. The Kier molecular flexibility index (Phi) is 4.54. The molecule has 130 valence electrons. The molecule has 25 heavy (non-hydrogen) atoms. The van der Waals surface area contributed by atoms with Gasteiger partial charge in [0, 0.05) is 29.0 Å². The third-order valence-corrected chi connectivity index (χ3v) is 5.40. The molecule has 0 aromatic carbocycles. The molecule has 0 N–H and O–H groups in total. The van der Waals surface area contributed by atoms with Crippen LogP contribution < -0.4 is 0 Å². The van der Waals surface area contributed by atoms with Crippen molar-refractivity contribution in [1.82, 2.24) is 4.90 Å². The number of likely N-dealkylation sites (N-methyl/N-ethyl adjacent to an activating group) is 1. The molecule has 0 fully saturated rings. The molecule has 2 aliphatic carbocycles. The zero-order valence-electron chi connectivity index (χ0n) is 14.5. The Morgan fingerprint density at radius 3 is 3.16 bits per heavy atom. The van der Waals surface area contributed by atoms with Crippen LogP contribution in [0.4, 0.5) is 0 Å². The van der Waals surface area contributed by atoms with E-state index in [1.165, 1.54) is 16.7 Å². The second-order valence-corrected chi connectivity index (χ2v) is 7.46. The summed E-state index contributed by atoms with van der Waals surface area (Å²) in [5, 5.41) is 4.17. The summed E-state index contributed by atoms with van der Waals surface area (Å²) < 4.78 is 12.0. The zero-order valence-corrected chi connectivity index (χ0v) is 15.3. The van der Waals surface area contributed by atoms with E-state index in [1.54, 1.807) is 18.0 Å². The number of fused-ring (bicyclic) bond motifs is 2. The molecule has 0 saturated carbocycles. The van der Waals surface area contributed by atoms with Crippen LogP contribution in [0.3, 0.4) is 0 Å². The third-order valence-electron chi connectivity index (χ3n) is 4.74. The maximum Gasteiger partial charge on any atom is 0.191 e. The van der Waals surface area contributed by atoms with Crippen LogP contribution in [0.25, 0.3) is 0 Å². The van der Waals surface area contributed by atoms with Crippen molar-refractivity contribution in [1.29, 1.82) is 0 Å². The Morgan fingerprint density at radius 2 is 2.28 bits per heavy atom. The molecule has 0 aromatic heterocycles. The molecule has 2 heterocycles. The molecular weight excluding hydrogens is 332 g/mol. The molecule has 0 aromatic rings. The minimum atomic E-state index is -0.577. The highest BCUT2D eigenvalue weighted by atomic mass is 32.2. The number of allylic oxidation sites excluding steroid dienone is 5. The SMILES string of the molecule is CN(C)CCOCC1=CC2=C3C=CC=CC3C3=CSC=COC32C=N1. The van der Waals surface area contributed by atoms with Crippen LogP contribution in [-0.4, -0.2) is 50.6 Å². The van der Waals surface area contributed by atoms with Crippen molar-refractivity contribution in [2.45, 2.75) is 5.60 Å². The first-order chi connectivity index (χ1) is 12.2. The standard InChI is InChI=1S/C20H22N2O2S/c1-22(2)7-8-23-12-15-11-18-16-5-3-4-6-17(16)19-13-25-10-9-24-20(18,19)14-21-15/h3-6,9-11,13-14,17H,7-8,12H2,1-2H3.